The highest BCUT2D eigenvalue weighted by atomic mass is 32.1. The van der Waals surface area contributed by atoms with Crippen LogP contribution in [0.1, 0.15) is 116 Å². The predicted octanol–water partition coefficient (Wildman–Crippen LogP) is 7.91. The molecule has 2 amide bonds. The number of halogens is 1. The Bertz CT molecular complexity index is 3190. The highest BCUT2D eigenvalue weighted by molar-refractivity contribution is 7.16. The number of piperidine rings is 3. The van der Waals surface area contributed by atoms with Gasteiger partial charge in [-0.25, -0.2) is 19.4 Å². The molecule has 378 valence electrons. The van der Waals surface area contributed by atoms with Crippen molar-refractivity contribution in [2.24, 2.45) is 22.9 Å². The molecule has 6 aromatic rings. The van der Waals surface area contributed by atoms with E-state index >= 15 is 4.39 Å². The average Bonchev–Trinajstić information content (AvgIpc) is 3.66. The lowest BCUT2D eigenvalue weighted by Gasteiger charge is -2.48. The number of aliphatic imine (C=N–C) groups is 1. The van der Waals surface area contributed by atoms with E-state index in [1.54, 1.807) is 40.8 Å². The third-order valence-corrected chi connectivity index (χ3v) is 17.7. The number of carbonyl (C=O) groups excluding carboxylic acids is 2. The topological polar surface area (TPSA) is 206 Å². The Kier molecular flexibility index (Phi) is 12.0. The van der Waals surface area contributed by atoms with Gasteiger partial charge in [-0.3, -0.25) is 19.6 Å². The number of carbonyl (C=O) groups is 2. The van der Waals surface area contributed by atoms with Gasteiger partial charge in [0.15, 0.2) is 23.0 Å². The average molecular weight is 1010 g/mol. The summed E-state index contributed by atoms with van der Waals surface area (Å²) in [6.07, 6.45) is 18.4. The van der Waals surface area contributed by atoms with Crippen LogP contribution in [0.15, 0.2) is 46.4 Å². The first-order valence-corrected chi connectivity index (χ1v) is 26.4. The maximum Gasteiger partial charge on any atom is 0.235 e. The van der Waals surface area contributed by atoms with Crippen LogP contribution in [0.2, 0.25) is 0 Å². The Morgan fingerprint density at radius 2 is 1.74 bits per heavy atom. The lowest BCUT2D eigenvalue weighted by molar-refractivity contribution is -0.134. The van der Waals surface area contributed by atoms with Crippen LogP contribution in [0.5, 0.6) is 17.5 Å². The summed E-state index contributed by atoms with van der Waals surface area (Å²) in [5, 5.41) is 23.6. The SMILES string of the molecule is CN(C)C=Nc1sc2c(c1C#N)[C@@]1(CCC2)CCCc2c(-c3nc(OCC4(CN5CCC6(CC5)CCN(c5cc7c(cc5F)c(C5CCC(=O)NC5=O)nn7C)CC6)CC4)cc(Oc4cncnc4)n3)noc21. The Balaban J connectivity index is 0.723. The van der Waals surface area contributed by atoms with Crippen molar-refractivity contribution < 1.29 is 28.0 Å². The number of aromatic nitrogens is 7. The third-order valence-electron chi connectivity index (χ3n) is 16.5. The molecule has 3 saturated heterocycles. The number of rotatable bonds is 12. The van der Waals surface area contributed by atoms with E-state index in [0.717, 1.165) is 137 Å². The van der Waals surface area contributed by atoms with Gasteiger partial charge < -0.3 is 28.7 Å². The fourth-order valence-corrected chi connectivity index (χ4v) is 13.6. The van der Waals surface area contributed by atoms with Crippen molar-refractivity contribution in [3.8, 4) is 35.1 Å². The summed E-state index contributed by atoms with van der Waals surface area (Å²) in [5.74, 6) is 0.661. The quantitative estimate of drug-likeness (QED) is 0.0702. The fourth-order valence-electron chi connectivity index (χ4n) is 12.4. The van der Waals surface area contributed by atoms with Gasteiger partial charge in [0.1, 0.15) is 23.2 Å². The number of benzene rings is 1. The summed E-state index contributed by atoms with van der Waals surface area (Å²) in [5.41, 5.74) is 4.73. The highest BCUT2D eigenvalue weighted by Gasteiger charge is 2.50. The number of anilines is 1. The molecule has 6 aliphatic rings. The molecular formula is C53H58FN13O5S. The second kappa shape index (κ2) is 18.6. The number of fused-ring (bicyclic) bond motifs is 5. The number of amides is 2. The number of imide groups is 1. The van der Waals surface area contributed by atoms with Crippen LogP contribution in [0.25, 0.3) is 22.4 Å². The van der Waals surface area contributed by atoms with Gasteiger partial charge in [0, 0.05) is 68.4 Å². The van der Waals surface area contributed by atoms with Crippen molar-refractivity contribution in [3.05, 3.63) is 75.8 Å². The van der Waals surface area contributed by atoms with E-state index in [9.17, 15) is 14.9 Å². The van der Waals surface area contributed by atoms with Gasteiger partial charge in [0.2, 0.25) is 23.6 Å². The standard InChI is InChI=1S/C53H58FN13O5S/c1-64(2)31-58-50-36(25-55)44-40(73-50)7-5-11-53(44)10-4-6-33-46(63-72-47(33)53)48-60-42(24-43(61-48)71-32-26-56-30-57-27-32)70-29-52(12-13-52)28-66-18-14-51(15-19-66)16-20-67(21-17-51)39-23-38-35(22-37(39)54)45(62-65(38)3)34-8-9-41(68)59-49(34)69/h22-24,26-27,30-31,34H,4-21,28-29H2,1-3H3,(H,59,68,69)/t34?,53-/m0/s1. The first kappa shape index (κ1) is 47.2. The van der Waals surface area contributed by atoms with Gasteiger partial charge >= 0.3 is 0 Å². The van der Waals surface area contributed by atoms with E-state index in [1.165, 1.54) is 17.3 Å². The normalized spacial score (nSPS) is 22.3. The maximum absolute atomic E-state index is 16.0. The number of nitriles is 1. The summed E-state index contributed by atoms with van der Waals surface area (Å²) in [6, 6.07) is 7.62. The van der Waals surface area contributed by atoms with Crippen LogP contribution >= 0.6 is 11.3 Å². The van der Waals surface area contributed by atoms with E-state index in [4.69, 9.17) is 34.1 Å². The van der Waals surface area contributed by atoms with E-state index in [0.29, 0.717) is 58.5 Å². The van der Waals surface area contributed by atoms with Gasteiger partial charge in [0.05, 0.1) is 65.2 Å². The minimum absolute atomic E-state index is 0.000128. The Morgan fingerprint density at radius 3 is 2.48 bits per heavy atom. The lowest BCUT2D eigenvalue weighted by Crippen LogP contribution is -2.48. The summed E-state index contributed by atoms with van der Waals surface area (Å²) in [4.78, 5) is 55.1. The third kappa shape index (κ3) is 8.77. The summed E-state index contributed by atoms with van der Waals surface area (Å²) < 4.78 is 36.9. The summed E-state index contributed by atoms with van der Waals surface area (Å²) in [6.45, 7) is 4.97. The van der Waals surface area contributed by atoms with Gasteiger partial charge in [-0.2, -0.15) is 20.3 Å². The summed E-state index contributed by atoms with van der Waals surface area (Å²) in [7, 11) is 5.66. The molecule has 1 aromatic carbocycles. The van der Waals surface area contributed by atoms with Gasteiger partial charge in [0.25, 0.3) is 0 Å². The van der Waals surface area contributed by atoms with Crippen molar-refractivity contribution in [1.29, 1.82) is 5.26 Å². The predicted molar refractivity (Wildman–Crippen MR) is 270 cm³/mol. The molecule has 4 fully saturated rings. The van der Waals surface area contributed by atoms with Gasteiger partial charge in [-0.1, -0.05) is 5.16 Å². The molecule has 5 aromatic heterocycles. The largest absolute Gasteiger partial charge is 0.477 e. The van der Waals surface area contributed by atoms with E-state index in [-0.39, 0.29) is 40.8 Å². The molecular weight excluding hydrogens is 950 g/mol. The van der Waals surface area contributed by atoms with Crippen LogP contribution < -0.4 is 19.7 Å². The minimum Gasteiger partial charge on any atom is -0.477 e. The smallest absolute Gasteiger partial charge is 0.235 e. The number of hydrogen-bond acceptors (Lipinski definition) is 16. The van der Waals surface area contributed by atoms with Crippen LogP contribution in [0.3, 0.4) is 0 Å². The number of likely N-dealkylation sites (tertiary alicyclic amines) is 1. The molecule has 3 aliphatic carbocycles. The van der Waals surface area contributed by atoms with Crippen LogP contribution in [0, 0.1) is 28.0 Å². The number of nitrogens with zero attached hydrogens (tertiary/aromatic N) is 12. The first-order chi connectivity index (χ1) is 35.4. The lowest BCUT2D eigenvalue weighted by atomic mass is 9.63. The molecule has 12 rings (SSSR count). The van der Waals surface area contributed by atoms with E-state index in [2.05, 4.69) is 36.3 Å². The Morgan fingerprint density at radius 1 is 0.986 bits per heavy atom. The number of thiophene rings is 1. The minimum atomic E-state index is -0.583. The molecule has 1 saturated carbocycles. The number of aryl methyl sites for hydroxylation is 2. The molecule has 2 atom stereocenters. The number of hydrogen-bond donors (Lipinski definition) is 1. The van der Waals surface area contributed by atoms with Crippen LogP contribution in [0.4, 0.5) is 15.1 Å². The molecule has 1 unspecified atom stereocenters. The zero-order valence-electron chi connectivity index (χ0n) is 41.5. The molecule has 73 heavy (non-hydrogen) atoms. The molecule has 0 bridgehead atoms. The maximum atomic E-state index is 16.0. The molecule has 0 radical (unpaired) electrons. The molecule has 3 aliphatic heterocycles. The molecule has 2 spiro atoms. The van der Waals surface area contributed by atoms with Crippen molar-refractivity contribution in [1.82, 2.24) is 50.0 Å². The summed E-state index contributed by atoms with van der Waals surface area (Å²) >= 11 is 1.60. The zero-order valence-corrected chi connectivity index (χ0v) is 42.3. The van der Waals surface area contributed by atoms with Gasteiger partial charge in [-0.05, 0) is 120 Å². The zero-order chi connectivity index (χ0) is 50.1. The Hall–Kier alpha value is -6.85. The van der Waals surface area contributed by atoms with Crippen molar-refractivity contribution in [3.63, 3.8) is 0 Å². The number of ether oxygens (including phenoxy) is 2. The Labute approximate surface area is 426 Å². The monoisotopic (exact) mass is 1010 g/mol. The molecule has 1 N–H and O–H groups in total. The molecule has 20 heteroatoms. The van der Waals surface area contributed by atoms with Crippen molar-refractivity contribution in [2.75, 3.05) is 58.3 Å². The number of nitrogens with one attached hydrogen (secondary N) is 1. The highest BCUT2D eigenvalue weighted by Crippen LogP contribution is 2.56. The van der Waals surface area contributed by atoms with E-state index in [1.807, 2.05) is 32.1 Å². The second-order valence-corrected chi connectivity index (χ2v) is 22.5. The fraction of sp³-hybridized carbons (Fsp3) is 0.509. The van der Waals surface area contributed by atoms with Crippen molar-refractivity contribution >= 4 is 51.1 Å². The second-order valence-electron chi connectivity index (χ2n) is 21.5. The van der Waals surface area contributed by atoms with Gasteiger partial charge in [-0.15, -0.1) is 11.3 Å². The van der Waals surface area contributed by atoms with E-state index < -0.39 is 11.3 Å². The molecule has 18 nitrogen and oxygen atoms in total. The van der Waals surface area contributed by atoms with Crippen molar-refractivity contribution in [2.45, 2.75) is 101 Å². The van der Waals surface area contributed by atoms with Crippen LogP contribution in [-0.2, 0) is 34.9 Å². The molecule has 8 heterocycles. The van der Waals surface area contributed by atoms with Crippen LogP contribution in [-0.4, -0.2) is 116 Å². The first-order valence-electron chi connectivity index (χ1n) is 25.6.